The van der Waals surface area contributed by atoms with Gasteiger partial charge in [0.25, 0.3) is 5.91 Å². The zero-order chi connectivity index (χ0) is 37.8. The van der Waals surface area contributed by atoms with Gasteiger partial charge in [0.1, 0.15) is 11.4 Å². The second-order valence-corrected chi connectivity index (χ2v) is 19.6. The van der Waals surface area contributed by atoms with E-state index in [1.165, 1.54) is 17.5 Å². The van der Waals surface area contributed by atoms with Crippen LogP contribution in [0, 0.1) is 17.8 Å². The third kappa shape index (κ3) is 6.96. The Morgan fingerprint density at radius 2 is 1.89 bits per heavy atom. The monoisotopic (exact) mass is 778 g/mol. The minimum atomic E-state index is -4.00. The van der Waals surface area contributed by atoms with Crippen LogP contribution < -0.4 is 14.4 Å². The van der Waals surface area contributed by atoms with Crippen LogP contribution in [0.1, 0.15) is 86.7 Å². The van der Waals surface area contributed by atoms with Crippen LogP contribution in [0.25, 0.3) is 0 Å². The van der Waals surface area contributed by atoms with Crippen molar-refractivity contribution in [3.05, 3.63) is 70.3 Å². The highest BCUT2D eigenvalue weighted by atomic mass is 35.5. The summed E-state index contributed by atoms with van der Waals surface area (Å²) in [7, 11) is -2.23. The molecule has 6 aliphatic rings. The largest absolute Gasteiger partial charge is 0.490 e. The molecule has 4 aliphatic heterocycles. The number of rotatable bonds is 3. The lowest BCUT2D eigenvalue weighted by molar-refractivity contribution is -0.149. The Bertz CT molecular complexity index is 1920. The topological polar surface area (TPSA) is 108 Å². The van der Waals surface area contributed by atoms with Crippen molar-refractivity contribution in [1.82, 2.24) is 14.5 Å². The molecule has 2 saturated heterocycles. The minimum absolute atomic E-state index is 0.118. The second kappa shape index (κ2) is 14.8. The molecule has 1 saturated carbocycles. The van der Waals surface area contributed by atoms with Gasteiger partial charge in [0.05, 0.1) is 30.6 Å². The molecule has 7 atom stereocenters. The van der Waals surface area contributed by atoms with Crippen molar-refractivity contribution in [3.63, 3.8) is 0 Å². The summed E-state index contributed by atoms with van der Waals surface area (Å²) in [5.74, 6) is 0.263. The van der Waals surface area contributed by atoms with Gasteiger partial charge in [-0.05, 0) is 124 Å². The average molecular weight is 779 g/mol. The van der Waals surface area contributed by atoms with Crippen LogP contribution in [-0.2, 0) is 31.4 Å². The summed E-state index contributed by atoms with van der Waals surface area (Å²) in [6.45, 7) is 8.00. The molecule has 2 aromatic rings. The van der Waals surface area contributed by atoms with E-state index in [1.54, 1.807) is 20.1 Å². The number of halogens is 1. The molecule has 4 heterocycles. The number of piperazine rings is 1. The predicted octanol–water partition coefficient (Wildman–Crippen LogP) is 5.97. The summed E-state index contributed by atoms with van der Waals surface area (Å²) in [5, 5.41) is -0.0960. The Kier molecular flexibility index (Phi) is 10.3. The zero-order valence-corrected chi connectivity index (χ0v) is 33.5. The Morgan fingerprint density at radius 3 is 2.69 bits per heavy atom. The fraction of sp³-hybridized carbons (Fsp3) is 0.619. The van der Waals surface area contributed by atoms with Crippen molar-refractivity contribution in [2.45, 2.75) is 93.9 Å². The Balaban J connectivity index is 1.20. The molecule has 8 rings (SSSR count). The number of aryl methyl sites for hydroxylation is 1. The van der Waals surface area contributed by atoms with Crippen LogP contribution in [-0.4, -0.2) is 99.9 Å². The van der Waals surface area contributed by atoms with Crippen molar-refractivity contribution in [2.75, 3.05) is 57.9 Å². The fourth-order valence-corrected chi connectivity index (χ4v) is 11.8. The van der Waals surface area contributed by atoms with Gasteiger partial charge in [0, 0.05) is 48.8 Å². The van der Waals surface area contributed by atoms with E-state index in [9.17, 15) is 18.0 Å². The van der Waals surface area contributed by atoms with E-state index in [1.807, 2.05) is 30.0 Å². The number of methoxy groups -OCH3 is 1. The molecule has 0 radical (unpaired) electrons. The lowest BCUT2D eigenvalue weighted by Gasteiger charge is -2.53. The first-order valence-corrected chi connectivity index (χ1v) is 21.9. The number of allylic oxidation sites excluding steroid dienone is 1. The minimum Gasteiger partial charge on any atom is -0.490 e. The number of carbonyl (C=O) groups excluding carboxylic acids is 2. The smallest absolute Gasteiger partial charge is 0.264 e. The maximum atomic E-state index is 13.8. The first-order valence-electron chi connectivity index (χ1n) is 20.0. The number of sulfonamides is 1. The highest BCUT2D eigenvalue weighted by Gasteiger charge is 2.51. The van der Waals surface area contributed by atoms with E-state index >= 15 is 0 Å². The molecule has 2 aliphatic carbocycles. The summed E-state index contributed by atoms with van der Waals surface area (Å²) in [6.07, 6.45) is 13.0. The van der Waals surface area contributed by atoms with Gasteiger partial charge < -0.3 is 19.3 Å². The van der Waals surface area contributed by atoms with Gasteiger partial charge in [-0.2, -0.15) is 0 Å². The lowest BCUT2D eigenvalue weighted by Crippen LogP contribution is -2.63. The maximum absolute atomic E-state index is 13.8. The number of anilines is 1. The van der Waals surface area contributed by atoms with Crippen LogP contribution in [0.15, 0.2) is 48.6 Å². The number of ether oxygens (including phenoxy) is 2. The van der Waals surface area contributed by atoms with Crippen molar-refractivity contribution in [3.8, 4) is 5.75 Å². The Labute approximate surface area is 325 Å². The van der Waals surface area contributed by atoms with Crippen molar-refractivity contribution in [1.29, 1.82) is 0 Å². The predicted molar refractivity (Wildman–Crippen MR) is 211 cm³/mol. The maximum Gasteiger partial charge on any atom is 0.264 e. The number of amides is 2. The van der Waals surface area contributed by atoms with Gasteiger partial charge in [0.2, 0.25) is 15.9 Å². The molecule has 0 unspecified atom stereocenters. The molecule has 0 aromatic heterocycles. The van der Waals surface area contributed by atoms with Crippen LogP contribution in [0.2, 0.25) is 5.02 Å². The van der Waals surface area contributed by atoms with Crippen molar-refractivity contribution < 1.29 is 27.5 Å². The van der Waals surface area contributed by atoms with E-state index in [0.29, 0.717) is 57.5 Å². The third-order valence-corrected chi connectivity index (χ3v) is 16.1. The standard InChI is InChI=1S/C42H55ClN4O6S/c1-28-8-6-18-42(52-3,26-47-23-34-10-4-5-19-45(34)24-39(47)48)36-14-11-32(36)22-46-25-41(17-7-9-30-20-33(43)13-15-35(30)41)27-53-38-16-12-31(21-37(38)46)40(49)44-54(50,51)29(28)2/h6,12-13,15-16,18,20-21,28-29,32,34,36H,4-5,7-11,14,17,19,22-27H2,1-3H3,(H,44,49)/b18-6+/t28-,29+,32-,34+,36+,41-,42-/m0/s1. The molecule has 1 N–H and O–H groups in total. The molecule has 2 amide bonds. The zero-order valence-electron chi connectivity index (χ0n) is 31.9. The first kappa shape index (κ1) is 37.8. The molecule has 12 heteroatoms. The van der Waals surface area contributed by atoms with Gasteiger partial charge >= 0.3 is 0 Å². The summed E-state index contributed by atoms with van der Waals surface area (Å²) >= 11 is 6.50. The van der Waals surface area contributed by atoms with E-state index in [4.69, 9.17) is 21.1 Å². The summed E-state index contributed by atoms with van der Waals surface area (Å²) in [5.41, 5.74) is 2.52. The third-order valence-electron chi connectivity index (χ3n) is 13.9. The molecular weight excluding hydrogens is 724 g/mol. The number of nitrogens with one attached hydrogen (secondary N) is 1. The van der Waals surface area contributed by atoms with E-state index < -0.39 is 26.8 Å². The van der Waals surface area contributed by atoms with Crippen molar-refractivity contribution in [2.24, 2.45) is 17.8 Å². The number of benzene rings is 2. The lowest BCUT2D eigenvalue weighted by atomic mass is 9.63. The van der Waals surface area contributed by atoms with Crippen molar-refractivity contribution >= 4 is 39.1 Å². The molecule has 2 aromatic carbocycles. The second-order valence-electron chi connectivity index (χ2n) is 17.1. The van der Waals surface area contributed by atoms with Crippen LogP contribution >= 0.6 is 11.6 Å². The SMILES string of the molecule is CO[C@]1(CN2C[C@H]3CCCCN3CC2=O)/C=C/C[C@H](C)[C@@H](C)S(=O)(=O)NC(=O)c2ccc3c(c2)N(C[C@@H]2CC[C@H]21)C[C@@]1(CCCc2cc(Cl)ccc21)CO3. The van der Waals surface area contributed by atoms with Gasteiger partial charge in [-0.25, -0.2) is 13.1 Å². The molecule has 10 nitrogen and oxygen atoms in total. The summed E-state index contributed by atoms with van der Waals surface area (Å²) < 4.78 is 43.0. The number of hydrogen-bond acceptors (Lipinski definition) is 8. The number of piperidine rings is 1. The highest BCUT2D eigenvalue weighted by molar-refractivity contribution is 7.90. The van der Waals surface area contributed by atoms with Crippen LogP contribution in [0.5, 0.6) is 5.75 Å². The van der Waals surface area contributed by atoms with Crippen LogP contribution in [0.4, 0.5) is 5.69 Å². The summed E-state index contributed by atoms with van der Waals surface area (Å²) in [4.78, 5) is 34.2. The van der Waals surface area contributed by atoms with E-state index in [-0.39, 0.29) is 34.6 Å². The molecule has 3 fully saturated rings. The summed E-state index contributed by atoms with van der Waals surface area (Å²) in [6, 6.07) is 11.9. The molecule has 2 bridgehead atoms. The number of fused-ring (bicyclic) bond motifs is 5. The van der Waals surface area contributed by atoms with Crippen LogP contribution in [0.3, 0.4) is 0 Å². The Morgan fingerprint density at radius 1 is 1.04 bits per heavy atom. The van der Waals surface area contributed by atoms with Gasteiger partial charge in [-0.3, -0.25) is 14.5 Å². The number of carbonyl (C=O) groups is 2. The average Bonchev–Trinajstić information content (AvgIpc) is 3.29. The number of hydrogen-bond donors (Lipinski definition) is 1. The van der Waals surface area contributed by atoms with Gasteiger partial charge in [0.15, 0.2) is 0 Å². The normalized spacial score (nSPS) is 34.7. The quantitative estimate of drug-likeness (QED) is 0.381. The number of nitrogens with zero attached hydrogens (tertiary/aromatic N) is 3. The molecule has 54 heavy (non-hydrogen) atoms. The van der Waals surface area contributed by atoms with E-state index in [0.717, 1.165) is 62.2 Å². The highest BCUT2D eigenvalue weighted by Crippen LogP contribution is 2.49. The first-order chi connectivity index (χ1) is 25.9. The van der Waals surface area contributed by atoms with Gasteiger partial charge in [-0.15, -0.1) is 0 Å². The molecule has 1 spiro atoms. The molecular formula is C42H55ClN4O6S. The Hall–Kier alpha value is -3.12. The van der Waals surface area contributed by atoms with Gasteiger partial charge in [-0.1, -0.05) is 43.2 Å². The fourth-order valence-electron chi connectivity index (χ4n) is 10.4. The van der Waals surface area contributed by atoms with E-state index in [2.05, 4.69) is 38.8 Å². The molecule has 292 valence electrons.